The summed E-state index contributed by atoms with van der Waals surface area (Å²) >= 11 is 0. The Labute approximate surface area is 174 Å². The van der Waals surface area contributed by atoms with Crippen LogP contribution in [-0.2, 0) is 19.1 Å². The van der Waals surface area contributed by atoms with E-state index in [9.17, 15) is 14.4 Å². The molecule has 13 nitrogen and oxygen atoms in total. The van der Waals surface area contributed by atoms with E-state index < -0.39 is 29.9 Å². The number of carbonyl (C=O) groups excluding carboxylic acids is 3. The summed E-state index contributed by atoms with van der Waals surface area (Å²) in [7, 11) is 1.21. The van der Waals surface area contributed by atoms with Gasteiger partial charge in [0, 0.05) is 29.0 Å². The van der Waals surface area contributed by atoms with Crippen molar-refractivity contribution in [3.8, 4) is 0 Å². The summed E-state index contributed by atoms with van der Waals surface area (Å²) in [5.74, 6) is -2.09. The Morgan fingerprint density at radius 1 is 1.21 bits per heavy atom. The van der Waals surface area contributed by atoms with Gasteiger partial charge in [-0.3, -0.25) is 14.4 Å². The molecule has 3 N–H and O–H groups in total. The quantitative estimate of drug-likeness (QED) is 0.199. The van der Waals surface area contributed by atoms with Gasteiger partial charge in [-0.15, -0.1) is 12.4 Å². The lowest BCUT2D eigenvalue weighted by Crippen LogP contribution is -2.56. The van der Waals surface area contributed by atoms with Gasteiger partial charge in [0.25, 0.3) is 0 Å². The number of hydrogen-bond acceptors (Lipinski definition) is 7. The third-order valence-electron chi connectivity index (χ3n) is 4.38. The first kappa shape index (κ1) is 26.3. The lowest BCUT2D eigenvalue weighted by atomic mass is 9.97. The second-order valence-electron chi connectivity index (χ2n) is 6.69. The minimum Gasteiger partial charge on any atom is -0.468 e. The summed E-state index contributed by atoms with van der Waals surface area (Å²) in [4.78, 5) is 41.7. The van der Waals surface area contributed by atoms with E-state index in [-0.39, 0.29) is 49.9 Å². The molecule has 1 aliphatic rings. The van der Waals surface area contributed by atoms with E-state index in [2.05, 4.69) is 40.7 Å². The van der Waals surface area contributed by atoms with Gasteiger partial charge in [0.2, 0.25) is 11.8 Å². The summed E-state index contributed by atoms with van der Waals surface area (Å²) in [6, 6.07) is -1.81. The van der Waals surface area contributed by atoms with Crippen LogP contribution in [-0.4, -0.2) is 62.7 Å². The van der Waals surface area contributed by atoms with E-state index in [0.717, 1.165) is 0 Å². The Morgan fingerprint density at radius 3 is 2.38 bits per heavy atom. The van der Waals surface area contributed by atoms with Crippen LogP contribution in [0.5, 0.6) is 0 Å². The molecule has 0 aromatic heterocycles. The molecule has 0 aromatic carbocycles. The number of carbonyl (C=O) groups is 3. The van der Waals surface area contributed by atoms with Crippen molar-refractivity contribution in [3.05, 3.63) is 20.9 Å². The molecule has 1 fully saturated rings. The maximum Gasteiger partial charge on any atom is 0.325 e. The molecular formula is C15H26ClN9O4. The number of hydrogen-bond donors (Lipinski definition) is 3. The molecule has 14 heteroatoms. The molecule has 1 saturated heterocycles. The van der Waals surface area contributed by atoms with Gasteiger partial charge in [0.15, 0.2) is 0 Å². The standard InChI is InChI=1S/C15H25N9O4.ClH/c1-8(2)12(14(26)18-7-11(25)28-3)22-15(27)13-9(5-19-23-16)4-10(21-13)6-20-24-17;/h8-10,12-13,21H,4-7H2,1-3H3,(H,18,26)(H,22,27);1H/t9-,10+,12+,13+;/m1./s1. The predicted molar refractivity (Wildman–Crippen MR) is 106 cm³/mol. The first-order chi connectivity index (χ1) is 13.3. The number of azide groups is 2. The second-order valence-corrected chi connectivity index (χ2v) is 6.69. The summed E-state index contributed by atoms with van der Waals surface area (Å²) in [6.07, 6.45) is 0.483. The predicted octanol–water partition coefficient (Wildman–Crippen LogP) is 0.806. The Balaban J connectivity index is 0.00000784. The number of halogens is 1. The molecule has 4 atom stereocenters. The Bertz CT molecular complexity index is 677. The van der Waals surface area contributed by atoms with Crippen LogP contribution in [0.4, 0.5) is 0 Å². The number of esters is 1. The number of methoxy groups -OCH3 is 1. The first-order valence-corrected chi connectivity index (χ1v) is 8.76. The van der Waals surface area contributed by atoms with Gasteiger partial charge in [-0.05, 0) is 29.3 Å². The van der Waals surface area contributed by atoms with Crippen LogP contribution in [0.15, 0.2) is 10.2 Å². The minimum atomic E-state index is -0.866. The molecular weight excluding hydrogens is 406 g/mol. The van der Waals surface area contributed by atoms with Crippen molar-refractivity contribution >= 4 is 30.2 Å². The van der Waals surface area contributed by atoms with Crippen LogP contribution in [0.1, 0.15) is 20.3 Å². The molecule has 2 amide bonds. The average molecular weight is 432 g/mol. The topological polar surface area (TPSA) is 194 Å². The van der Waals surface area contributed by atoms with Crippen LogP contribution in [0, 0.1) is 11.8 Å². The van der Waals surface area contributed by atoms with E-state index in [0.29, 0.717) is 6.42 Å². The van der Waals surface area contributed by atoms with Crippen molar-refractivity contribution in [1.82, 2.24) is 16.0 Å². The fourth-order valence-electron chi connectivity index (χ4n) is 2.95. The van der Waals surface area contributed by atoms with Gasteiger partial charge in [-0.25, -0.2) is 0 Å². The van der Waals surface area contributed by atoms with Crippen molar-refractivity contribution < 1.29 is 19.1 Å². The lowest BCUT2D eigenvalue weighted by Gasteiger charge is -2.25. The molecule has 0 unspecified atom stereocenters. The van der Waals surface area contributed by atoms with Crippen molar-refractivity contribution in [2.24, 2.45) is 22.1 Å². The monoisotopic (exact) mass is 431 g/mol. The molecule has 0 aliphatic carbocycles. The highest BCUT2D eigenvalue weighted by Gasteiger charge is 2.39. The second kappa shape index (κ2) is 13.5. The highest BCUT2D eigenvalue weighted by molar-refractivity contribution is 5.91. The molecule has 0 spiro atoms. The normalized spacial score (nSPS) is 21.0. The maximum atomic E-state index is 12.8. The average Bonchev–Trinajstić information content (AvgIpc) is 3.09. The molecule has 162 valence electrons. The van der Waals surface area contributed by atoms with Gasteiger partial charge in [0.1, 0.15) is 12.6 Å². The highest BCUT2D eigenvalue weighted by Crippen LogP contribution is 2.22. The summed E-state index contributed by atoms with van der Waals surface area (Å²) in [6.45, 7) is 3.46. The SMILES string of the molecule is COC(=O)CNC(=O)[C@@H](NC(=O)[C@H]1N[C@H](CN=[N+]=[N-])C[C@@H]1CN=[N+]=[N-])C(C)C.Cl. The zero-order chi connectivity index (χ0) is 21.1. The summed E-state index contributed by atoms with van der Waals surface area (Å²) in [5.41, 5.74) is 17.0. The molecule has 0 bridgehead atoms. The van der Waals surface area contributed by atoms with E-state index in [4.69, 9.17) is 11.1 Å². The Morgan fingerprint density at radius 2 is 1.83 bits per heavy atom. The summed E-state index contributed by atoms with van der Waals surface area (Å²) in [5, 5.41) is 15.2. The largest absolute Gasteiger partial charge is 0.468 e. The van der Waals surface area contributed by atoms with E-state index >= 15 is 0 Å². The van der Waals surface area contributed by atoms with Crippen molar-refractivity contribution in [3.63, 3.8) is 0 Å². The molecule has 1 aliphatic heterocycles. The smallest absolute Gasteiger partial charge is 0.325 e. The first-order valence-electron chi connectivity index (χ1n) is 8.76. The van der Waals surface area contributed by atoms with E-state index in [1.54, 1.807) is 13.8 Å². The van der Waals surface area contributed by atoms with Crippen LogP contribution in [0.3, 0.4) is 0 Å². The third-order valence-corrected chi connectivity index (χ3v) is 4.38. The molecule has 0 saturated carbocycles. The summed E-state index contributed by atoms with van der Waals surface area (Å²) < 4.78 is 4.47. The third kappa shape index (κ3) is 8.44. The van der Waals surface area contributed by atoms with Gasteiger partial charge in [0.05, 0.1) is 13.2 Å². The Hall–Kier alpha value is -2.72. The zero-order valence-electron chi connectivity index (χ0n) is 16.4. The van der Waals surface area contributed by atoms with Crippen LogP contribution in [0.25, 0.3) is 20.9 Å². The van der Waals surface area contributed by atoms with Crippen molar-refractivity contribution in [2.75, 3.05) is 26.7 Å². The molecule has 1 heterocycles. The van der Waals surface area contributed by atoms with Gasteiger partial charge < -0.3 is 20.7 Å². The van der Waals surface area contributed by atoms with Gasteiger partial charge in [-0.2, -0.15) is 0 Å². The van der Waals surface area contributed by atoms with Crippen LogP contribution in [0.2, 0.25) is 0 Å². The molecule has 0 aromatic rings. The highest BCUT2D eigenvalue weighted by atomic mass is 35.5. The Kier molecular flexibility index (Phi) is 12.2. The van der Waals surface area contributed by atoms with Crippen LogP contribution >= 0.6 is 12.4 Å². The fourth-order valence-corrected chi connectivity index (χ4v) is 2.95. The number of nitrogens with one attached hydrogen (secondary N) is 3. The zero-order valence-corrected chi connectivity index (χ0v) is 17.3. The van der Waals surface area contributed by atoms with Crippen LogP contribution < -0.4 is 16.0 Å². The van der Waals surface area contributed by atoms with Crippen molar-refractivity contribution in [2.45, 2.75) is 38.4 Å². The van der Waals surface area contributed by atoms with Gasteiger partial charge in [-0.1, -0.05) is 24.1 Å². The van der Waals surface area contributed by atoms with E-state index in [1.807, 2.05) is 0 Å². The number of nitrogens with zero attached hydrogens (tertiary/aromatic N) is 6. The number of rotatable bonds is 10. The molecule has 29 heavy (non-hydrogen) atoms. The fraction of sp³-hybridized carbons (Fsp3) is 0.800. The van der Waals surface area contributed by atoms with E-state index in [1.165, 1.54) is 7.11 Å². The maximum absolute atomic E-state index is 12.8. The lowest BCUT2D eigenvalue weighted by molar-refractivity contribution is -0.141. The number of ether oxygens (including phenoxy) is 1. The molecule has 1 rings (SSSR count). The van der Waals surface area contributed by atoms with Crippen molar-refractivity contribution in [1.29, 1.82) is 0 Å². The van der Waals surface area contributed by atoms with Gasteiger partial charge >= 0.3 is 5.97 Å². The molecule has 0 radical (unpaired) electrons. The minimum absolute atomic E-state index is 0. The number of amides is 2.